The molecular weight excluding hydrogens is 285 g/mol. The van der Waals surface area contributed by atoms with Gasteiger partial charge >= 0.3 is 0 Å². The Morgan fingerprint density at radius 3 is 2.62 bits per heavy atom. The fourth-order valence-corrected chi connectivity index (χ4v) is 3.93. The van der Waals surface area contributed by atoms with Gasteiger partial charge in [0.2, 0.25) is 0 Å². The number of benzene rings is 1. The van der Waals surface area contributed by atoms with Crippen LogP contribution in [0.3, 0.4) is 0 Å². The summed E-state index contributed by atoms with van der Waals surface area (Å²) in [6, 6.07) is 10.7. The predicted octanol–water partition coefficient (Wildman–Crippen LogP) is 2.98. The van der Waals surface area contributed by atoms with Crippen molar-refractivity contribution in [2.24, 2.45) is 0 Å². The second kappa shape index (κ2) is 5.07. The van der Waals surface area contributed by atoms with Gasteiger partial charge in [-0.25, -0.2) is 4.39 Å². The summed E-state index contributed by atoms with van der Waals surface area (Å²) in [6.07, 6.45) is 3.61. The molecule has 0 aliphatic carbocycles. The molecule has 0 bridgehead atoms. The first kappa shape index (κ1) is 12.7. The average Bonchev–Trinajstić information content (AvgIpc) is 3.09. The Balaban J connectivity index is 1.85. The largest absolute Gasteiger partial charge is 0.354 e. The zero-order chi connectivity index (χ0) is 14.2. The number of rotatable bonds is 2. The summed E-state index contributed by atoms with van der Waals surface area (Å²) in [7, 11) is 0. The lowest BCUT2D eigenvalue weighted by Crippen LogP contribution is -2.28. The Labute approximate surface area is 126 Å². The number of nitrogens with zero attached hydrogens (tertiary/aromatic N) is 2. The number of nitrogens with one attached hydrogen (secondary N) is 1. The standard InChI is InChI=1S/C16H14FN3S/c17-13-3-1-11(2-4-13)14-15(12-5-7-18-8-6-12)20-9-10-21-16(20)19-14/h1-8,16,19H,9-10H2. The lowest BCUT2D eigenvalue weighted by Gasteiger charge is -2.20. The lowest BCUT2D eigenvalue weighted by molar-refractivity contribution is 0.424. The molecule has 4 rings (SSSR count). The minimum absolute atomic E-state index is 0.210. The highest BCUT2D eigenvalue weighted by atomic mass is 32.2. The van der Waals surface area contributed by atoms with Crippen LogP contribution in [-0.4, -0.2) is 27.7 Å². The first-order chi connectivity index (χ1) is 10.3. The number of pyridine rings is 1. The van der Waals surface area contributed by atoms with Crippen molar-refractivity contribution in [3.8, 4) is 0 Å². The molecule has 1 saturated heterocycles. The van der Waals surface area contributed by atoms with Gasteiger partial charge in [0.15, 0.2) is 0 Å². The molecule has 0 radical (unpaired) electrons. The van der Waals surface area contributed by atoms with Gasteiger partial charge < -0.3 is 10.2 Å². The van der Waals surface area contributed by atoms with Gasteiger partial charge in [-0.2, -0.15) is 0 Å². The van der Waals surface area contributed by atoms with Crippen molar-refractivity contribution < 1.29 is 4.39 Å². The smallest absolute Gasteiger partial charge is 0.148 e. The van der Waals surface area contributed by atoms with E-state index < -0.39 is 0 Å². The molecule has 0 spiro atoms. The minimum atomic E-state index is -0.210. The maximum absolute atomic E-state index is 13.2. The zero-order valence-corrected chi connectivity index (χ0v) is 12.1. The molecule has 0 amide bonds. The molecule has 2 aromatic rings. The van der Waals surface area contributed by atoms with E-state index in [-0.39, 0.29) is 11.3 Å². The van der Waals surface area contributed by atoms with Crippen LogP contribution in [0.2, 0.25) is 0 Å². The highest BCUT2D eigenvalue weighted by molar-refractivity contribution is 8.00. The van der Waals surface area contributed by atoms with Gasteiger partial charge in [-0.15, -0.1) is 11.8 Å². The van der Waals surface area contributed by atoms with Crippen molar-refractivity contribution >= 4 is 23.2 Å². The molecule has 1 aromatic heterocycles. The van der Waals surface area contributed by atoms with Gasteiger partial charge in [0.1, 0.15) is 11.3 Å². The van der Waals surface area contributed by atoms with Gasteiger partial charge in [0.05, 0.1) is 11.4 Å². The van der Waals surface area contributed by atoms with Crippen molar-refractivity contribution in [2.45, 2.75) is 5.50 Å². The molecule has 3 heterocycles. The summed E-state index contributed by atoms with van der Waals surface area (Å²) in [6.45, 7) is 1.02. The van der Waals surface area contributed by atoms with E-state index in [1.807, 2.05) is 36.0 Å². The van der Waals surface area contributed by atoms with Gasteiger partial charge in [0.25, 0.3) is 0 Å². The van der Waals surface area contributed by atoms with E-state index in [0.29, 0.717) is 0 Å². The highest BCUT2D eigenvalue weighted by Crippen LogP contribution is 2.40. The molecular formula is C16H14FN3S. The average molecular weight is 299 g/mol. The normalized spacial score (nSPS) is 20.6. The molecule has 0 saturated carbocycles. The summed E-state index contributed by atoms with van der Waals surface area (Å²) in [5.41, 5.74) is 4.67. The molecule has 1 aromatic carbocycles. The second-order valence-corrected chi connectivity index (χ2v) is 6.22. The van der Waals surface area contributed by atoms with Crippen LogP contribution in [0.4, 0.5) is 4.39 Å². The fourth-order valence-electron chi connectivity index (χ4n) is 2.81. The van der Waals surface area contributed by atoms with E-state index in [9.17, 15) is 4.39 Å². The van der Waals surface area contributed by atoms with E-state index >= 15 is 0 Å². The molecule has 5 heteroatoms. The lowest BCUT2D eigenvalue weighted by atomic mass is 10.1. The summed E-state index contributed by atoms with van der Waals surface area (Å²) >= 11 is 1.90. The molecule has 1 atom stereocenters. The van der Waals surface area contributed by atoms with Crippen LogP contribution in [0.25, 0.3) is 11.4 Å². The van der Waals surface area contributed by atoms with Crippen molar-refractivity contribution in [1.29, 1.82) is 0 Å². The number of thioether (sulfide) groups is 1. The SMILES string of the molecule is Fc1ccc(C2=C(c3ccncc3)N3CCSC3N2)cc1. The van der Waals surface area contributed by atoms with Crippen LogP contribution in [0.1, 0.15) is 11.1 Å². The summed E-state index contributed by atoms with van der Waals surface area (Å²) in [4.78, 5) is 6.47. The number of aromatic nitrogens is 1. The Morgan fingerprint density at radius 2 is 1.86 bits per heavy atom. The zero-order valence-electron chi connectivity index (χ0n) is 11.3. The molecule has 21 heavy (non-hydrogen) atoms. The van der Waals surface area contributed by atoms with Gasteiger partial charge in [-0.3, -0.25) is 4.98 Å². The van der Waals surface area contributed by atoms with Crippen LogP contribution in [0, 0.1) is 5.82 Å². The first-order valence-corrected chi connectivity index (χ1v) is 7.93. The van der Waals surface area contributed by atoms with Crippen LogP contribution in [0.15, 0.2) is 48.8 Å². The second-order valence-electron chi connectivity index (χ2n) is 5.03. The van der Waals surface area contributed by atoms with E-state index in [2.05, 4.69) is 15.2 Å². The van der Waals surface area contributed by atoms with E-state index in [0.717, 1.165) is 29.1 Å². The minimum Gasteiger partial charge on any atom is -0.354 e. The molecule has 106 valence electrons. The molecule has 1 N–H and O–H groups in total. The highest BCUT2D eigenvalue weighted by Gasteiger charge is 2.36. The molecule has 3 nitrogen and oxygen atoms in total. The summed E-state index contributed by atoms with van der Waals surface area (Å²) < 4.78 is 13.2. The Hall–Kier alpha value is -2.01. The van der Waals surface area contributed by atoms with E-state index in [1.165, 1.54) is 17.8 Å². The molecule has 1 fully saturated rings. The first-order valence-electron chi connectivity index (χ1n) is 6.88. The predicted molar refractivity (Wildman–Crippen MR) is 83.5 cm³/mol. The van der Waals surface area contributed by atoms with Crippen LogP contribution >= 0.6 is 11.8 Å². The number of halogens is 1. The maximum Gasteiger partial charge on any atom is 0.148 e. The third-order valence-electron chi connectivity index (χ3n) is 3.77. The van der Waals surface area contributed by atoms with Crippen LogP contribution in [-0.2, 0) is 0 Å². The third-order valence-corrected chi connectivity index (χ3v) is 4.88. The van der Waals surface area contributed by atoms with Crippen molar-refractivity contribution in [3.05, 3.63) is 65.7 Å². The number of hydrogen-bond donors (Lipinski definition) is 1. The molecule has 2 aliphatic heterocycles. The molecule has 2 aliphatic rings. The van der Waals surface area contributed by atoms with Gasteiger partial charge in [-0.05, 0) is 36.4 Å². The fraction of sp³-hybridized carbons (Fsp3) is 0.188. The monoisotopic (exact) mass is 299 g/mol. The van der Waals surface area contributed by atoms with Crippen LogP contribution in [0.5, 0.6) is 0 Å². The number of hydrogen-bond acceptors (Lipinski definition) is 4. The van der Waals surface area contributed by atoms with Gasteiger partial charge in [-0.1, -0.05) is 0 Å². The van der Waals surface area contributed by atoms with E-state index in [1.54, 1.807) is 12.4 Å². The Bertz CT molecular complexity index is 684. The topological polar surface area (TPSA) is 28.2 Å². The summed E-state index contributed by atoms with van der Waals surface area (Å²) in [5.74, 6) is 0.904. The van der Waals surface area contributed by atoms with Crippen molar-refractivity contribution in [3.63, 3.8) is 0 Å². The van der Waals surface area contributed by atoms with Crippen LogP contribution < -0.4 is 5.32 Å². The van der Waals surface area contributed by atoms with E-state index in [4.69, 9.17) is 0 Å². The number of fused-ring (bicyclic) bond motifs is 1. The molecule has 1 unspecified atom stereocenters. The van der Waals surface area contributed by atoms with Gasteiger partial charge in [0, 0.05) is 35.8 Å². The third kappa shape index (κ3) is 2.17. The summed E-state index contributed by atoms with van der Waals surface area (Å²) in [5, 5.41) is 3.56. The van der Waals surface area contributed by atoms with Crippen molar-refractivity contribution in [1.82, 2.24) is 15.2 Å². The Kier molecular flexibility index (Phi) is 3.07. The van der Waals surface area contributed by atoms with Crippen molar-refractivity contribution in [2.75, 3.05) is 12.3 Å². The maximum atomic E-state index is 13.2. The quantitative estimate of drug-likeness (QED) is 0.923. The Morgan fingerprint density at radius 1 is 1.10 bits per heavy atom.